The summed E-state index contributed by atoms with van der Waals surface area (Å²) in [6, 6.07) is 5.01. The van der Waals surface area contributed by atoms with Crippen molar-refractivity contribution >= 4 is 11.9 Å². The van der Waals surface area contributed by atoms with Crippen LogP contribution in [0.3, 0.4) is 0 Å². The van der Waals surface area contributed by atoms with E-state index in [1.807, 2.05) is 13.8 Å². The molecule has 0 amide bonds. The van der Waals surface area contributed by atoms with Gasteiger partial charge in [-0.15, -0.1) is 0 Å². The molecule has 0 radical (unpaired) electrons. The molecule has 0 saturated carbocycles. The predicted octanol–water partition coefficient (Wildman–Crippen LogP) is 1.81. The van der Waals surface area contributed by atoms with Crippen molar-refractivity contribution in [3.63, 3.8) is 0 Å². The highest BCUT2D eigenvalue weighted by molar-refractivity contribution is 5.92. The number of hydrogen-bond acceptors (Lipinski definition) is 2. The van der Waals surface area contributed by atoms with Crippen molar-refractivity contribution in [2.24, 2.45) is 21.5 Å². The predicted molar refractivity (Wildman–Crippen MR) is 82.6 cm³/mol. The Hall–Kier alpha value is -2.29. The largest absolute Gasteiger partial charge is 0.416 e. The summed E-state index contributed by atoms with van der Waals surface area (Å²) < 4.78 is 37.7. The van der Waals surface area contributed by atoms with Gasteiger partial charge < -0.3 is 11.5 Å². The molecule has 0 heterocycles. The maximum Gasteiger partial charge on any atom is 0.416 e. The molecule has 5 N–H and O–H groups in total. The van der Waals surface area contributed by atoms with Gasteiger partial charge in [-0.25, -0.2) is 10.5 Å². The van der Waals surface area contributed by atoms with E-state index in [0.29, 0.717) is 5.56 Å². The molecule has 0 saturated heterocycles. The highest BCUT2D eigenvalue weighted by Crippen LogP contribution is 2.29. The molecular weight excluding hydrogens is 311 g/mol. The molecule has 6 nitrogen and oxygen atoms in total. The summed E-state index contributed by atoms with van der Waals surface area (Å²) in [5, 5.41) is 0. The normalized spacial score (nSPS) is 13.5. The summed E-state index contributed by atoms with van der Waals surface area (Å²) in [5.41, 5.74) is 13.2. The second-order valence-corrected chi connectivity index (χ2v) is 4.98. The van der Waals surface area contributed by atoms with E-state index in [0.717, 1.165) is 12.1 Å². The molecule has 0 unspecified atom stereocenters. The minimum absolute atomic E-state index is 0.00600. The van der Waals surface area contributed by atoms with E-state index in [1.54, 1.807) is 6.07 Å². The fourth-order valence-corrected chi connectivity index (χ4v) is 1.64. The molecule has 128 valence electrons. The van der Waals surface area contributed by atoms with Crippen LogP contribution in [0.1, 0.15) is 25.0 Å². The zero-order chi connectivity index (χ0) is 17.5. The minimum Gasteiger partial charge on any atom is -0.368 e. The van der Waals surface area contributed by atoms with Gasteiger partial charge in [0.25, 0.3) is 0 Å². The van der Waals surface area contributed by atoms with Crippen LogP contribution in [0, 0.1) is 0 Å². The van der Waals surface area contributed by atoms with E-state index in [2.05, 4.69) is 15.5 Å². The van der Waals surface area contributed by atoms with E-state index < -0.39 is 11.7 Å². The molecule has 23 heavy (non-hydrogen) atoms. The van der Waals surface area contributed by atoms with Crippen molar-refractivity contribution in [1.29, 1.82) is 0 Å². The van der Waals surface area contributed by atoms with E-state index in [4.69, 9.17) is 16.3 Å². The first kappa shape index (κ1) is 18.8. The van der Waals surface area contributed by atoms with Gasteiger partial charge in [-0.2, -0.15) is 18.2 Å². The zero-order valence-electron chi connectivity index (χ0n) is 12.9. The first-order valence-corrected chi connectivity index (χ1v) is 6.90. The Balaban J connectivity index is 2.45. The number of hydrogen-bond donors (Lipinski definition) is 3. The zero-order valence-corrected chi connectivity index (χ0v) is 12.9. The SMILES string of the molecule is CC(C)N=C(N)/N=C(\N)NOCCc1cccc(C(F)(F)F)c1. The third-order valence-corrected chi connectivity index (χ3v) is 2.55. The number of rotatable bonds is 5. The van der Waals surface area contributed by atoms with Crippen molar-refractivity contribution < 1.29 is 18.0 Å². The lowest BCUT2D eigenvalue weighted by molar-refractivity contribution is -0.137. The quantitative estimate of drug-likeness (QED) is 0.332. The van der Waals surface area contributed by atoms with Crippen molar-refractivity contribution in [3.05, 3.63) is 35.4 Å². The molecule has 0 aliphatic rings. The van der Waals surface area contributed by atoms with Crippen molar-refractivity contribution in [3.8, 4) is 0 Å². The van der Waals surface area contributed by atoms with Crippen LogP contribution in [-0.2, 0) is 17.4 Å². The van der Waals surface area contributed by atoms with Gasteiger partial charge in [0.2, 0.25) is 11.9 Å². The molecule has 1 rings (SSSR count). The topological polar surface area (TPSA) is 98.0 Å². The second-order valence-electron chi connectivity index (χ2n) is 4.98. The van der Waals surface area contributed by atoms with Crippen LogP contribution in [0.2, 0.25) is 0 Å². The number of alkyl halides is 3. The smallest absolute Gasteiger partial charge is 0.368 e. The van der Waals surface area contributed by atoms with Crippen molar-refractivity contribution in [2.45, 2.75) is 32.5 Å². The summed E-state index contributed by atoms with van der Waals surface area (Å²) in [5.74, 6) is -0.0811. The Morgan fingerprint density at radius 2 is 2.00 bits per heavy atom. The molecule has 0 fully saturated rings. The van der Waals surface area contributed by atoms with Crippen LogP contribution >= 0.6 is 0 Å². The van der Waals surface area contributed by atoms with Crippen LogP contribution in [0.4, 0.5) is 13.2 Å². The molecule has 0 aromatic heterocycles. The van der Waals surface area contributed by atoms with Gasteiger partial charge in [-0.05, 0) is 31.9 Å². The molecule has 0 aliphatic heterocycles. The number of nitrogens with two attached hydrogens (primary N) is 2. The molecule has 0 spiro atoms. The molecule has 1 aromatic rings. The van der Waals surface area contributed by atoms with Crippen LogP contribution < -0.4 is 16.9 Å². The molecule has 0 bridgehead atoms. The molecule has 9 heteroatoms. The first-order valence-electron chi connectivity index (χ1n) is 6.90. The van der Waals surface area contributed by atoms with E-state index in [-0.39, 0.29) is 31.0 Å². The van der Waals surface area contributed by atoms with Crippen molar-refractivity contribution in [1.82, 2.24) is 5.48 Å². The number of hydroxylamine groups is 1. The number of nitrogens with zero attached hydrogens (tertiary/aromatic N) is 2. The van der Waals surface area contributed by atoms with Crippen LogP contribution in [0.25, 0.3) is 0 Å². The number of guanidine groups is 2. The summed E-state index contributed by atoms with van der Waals surface area (Å²) in [4.78, 5) is 12.7. The molecular formula is C14H20F3N5O. The van der Waals surface area contributed by atoms with Gasteiger partial charge in [0, 0.05) is 6.04 Å². The van der Waals surface area contributed by atoms with E-state index in [9.17, 15) is 13.2 Å². The minimum atomic E-state index is -4.36. The Labute approximate surface area is 132 Å². The van der Waals surface area contributed by atoms with Gasteiger partial charge in [-0.1, -0.05) is 18.2 Å². The van der Waals surface area contributed by atoms with Crippen LogP contribution in [-0.4, -0.2) is 24.6 Å². The molecule has 0 atom stereocenters. The first-order chi connectivity index (χ1) is 10.7. The fourth-order valence-electron chi connectivity index (χ4n) is 1.64. The van der Waals surface area contributed by atoms with Gasteiger partial charge >= 0.3 is 6.18 Å². The summed E-state index contributed by atoms with van der Waals surface area (Å²) >= 11 is 0. The molecule has 1 aromatic carbocycles. The van der Waals surface area contributed by atoms with Crippen molar-refractivity contribution in [2.75, 3.05) is 6.61 Å². The lowest BCUT2D eigenvalue weighted by Gasteiger charge is -2.09. The second kappa shape index (κ2) is 8.37. The fraction of sp³-hybridized carbons (Fsp3) is 0.429. The van der Waals surface area contributed by atoms with Gasteiger partial charge in [-0.3, -0.25) is 4.84 Å². The number of halogens is 3. The summed E-state index contributed by atoms with van der Waals surface area (Å²) in [6.45, 7) is 3.77. The number of benzene rings is 1. The standard InChI is InChI=1S/C14H20F3N5O/c1-9(2)20-12(18)21-13(19)22-23-7-6-10-4-3-5-11(8-10)14(15,16)17/h3-5,8-9H,6-7H2,1-2H3,(H5,18,19,20,21,22). The summed E-state index contributed by atoms with van der Waals surface area (Å²) in [6.07, 6.45) is -4.08. The average molecular weight is 331 g/mol. The Kier molecular flexibility index (Phi) is 6.83. The number of nitrogens with one attached hydrogen (secondary N) is 1. The number of aliphatic imine (C=N–C) groups is 2. The third kappa shape index (κ3) is 7.50. The Morgan fingerprint density at radius 1 is 1.30 bits per heavy atom. The van der Waals surface area contributed by atoms with Gasteiger partial charge in [0.15, 0.2) is 0 Å². The Morgan fingerprint density at radius 3 is 2.61 bits per heavy atom. The monoisotopic (exact) mass is 331 g/mol. The summed E-state index contributed by atoms with van der Waals surface area (Å²) in [7, 11) is 0. The average Bonchev–Trinajstić information content (AvgIpc) is 2.42. The Bertz CT molecular complexity index is 570. The lowest BCUT2D eigenvalue weighted by Crippen LogP contribution is -2.34. The van der Waals surface area contributed by atoms with Crippen LogP contribution in [0.15, 0.2) is 34.3 Å². The van der Waals surface area contributed by atoms with Gasteiger partial charge in [0.1, 0.15) is 0 Å². The van der Waals surface area contributed by atoms with Crippen LogP contribution in [0.5, 0.6) is 0 Å². The maximum atomic E-state index is 12.6. The van der Waals surface area contributed by atoms with Gasteiger partial charge in [0.05, 0.1) is 12.2 Å². The van der Waals surface area contributed by atoms with E-state index >= 15 is 0 Å². The van der Waals surface area contributed by atoms with E-state index in [1.165, 1.54) is 6.07 Å². The molecule has 0 aliphatic carbocycles. The highest BCUT2D eigenvalue weighted by atomic mass is 19.4. The maximum absolute atomic E-state index is 12.6. The lowest BCUT2D eigenvalue weighted by atomic mass is 10.1. The highest BCUT2D eigenvalue weighted by Gasteiger charge is 2.30. The third-order valence-electron chi connectivity index (χ3n) is 2.55.